The number of rotatable bonds is 3. The van der Waals surface area contributed by atoms with E-state index in [0.717, 1.165) is 5.39 Å². The van der Waals surface area contributed by atoms with Crippen LogP contribution in [-0.2, 0) is 0 Å². The van der Waals surface area contributed by atoms with Gasteiger partial charge in [0.15, 0.2) is 0 Å². The smallest absolute Gasteiger partial charge is 0.129 e. The topological polar surface area (TPSA) is 60.7 Å². The number of phenolic OH excluding ortho intramolecular Hbond substituents is 1. The molecule has 0 aliphatic rings. The van der Waals surface area contributed by atoms with Gasteiger partial charge in [-0.25, -0.2) is 0 Å². The Kier molecular flexibility index (Phi) is 3.66. The zero-order valence-corrected chi connectivity index (χ0v) is 10.6. The summed E-state index contributed by atoms with van der Waals surface area (Å²) in [5.41, 5.74) is 0.343. The zero-order valence-electron chi connectivity index (χ0n) is 9.05. The molecule has 2 rings (SSSR count). The van der Waals surface area contributed by atoms with Gasteiger partial charge in [-0.1, -0.05) is 52.3 Å². The molecule has 0 radical (unpaired) electrons. The number of hydrogen-bond acceptors (Lipinski definition) is 3. The van der Waals surface area contributed by atoms with Gasteiger partial charge in [0.2, 0.25) is 0 Å². The average Bonchev–Trinajstić information content (AvgIpc) is 2.38. The Hall–Kier alpha value is -1.10. The average molecular weight is 297 g/mol. The molecule has 3 nitrogen and oxygen atoms in total. The third kappa shape index (κ3) is 2.29. The number of hydrogen-bond donors (Lipinski definition) is 3. The molecule has 2 aromatic carbocycles. The molecule has 3 N–H and O–H groups in total. The fraction of sp³-hybridized carbons (Fsp3) is 0.231. The predicted octanol–water partition coefficient (Wildman–Crippen LogP) is 2.33. The molecule has 0 fully saturated rings. The van der Waals surface area contributed by atoms with Gasteiger partial charge in [-0.3, -0.25) is 0 Å². The summed E-state index contributed by atoms with van der Waals surface area (Å²) in [6.45, 7) is 0. The number of benzene rings is 2. The molecule has 17 heavy (non-hydrogen) atoms. The van der Waals surface area contributed by atoms with Crippen LogP contribution in [-0.4, -0.2) is 26.8 Å². The zero-order chi connectivity index (χ0) is 12.4. The molecule has 90 valence electrons. The molecule has 0 amide bonds. The summed E-state index contributed by atoms with van der Waals surface area (Å²) >= 11 is 3.10. The van der Waals surface area contributed by atoms with Crippen LogP contribution >= 0.6 is 15.9 Å². The number of aliphatic hydroxyl groups excluding tert-OH is 2. The van der Waals surface area contributed by atoms with Crippen LogP contribution in [0.2, 0.25) is 0 Å². The maximum Gasteiger partial charge on any atom is 0.129 e. The van der Waals surface area contributed by atoms with Crippen LogP contribution in [0.3, 0.4) is 0 Å². The third-order valence-electron chi connectivity index (χ3n) is 2.77. The number of aliphatic hydroxyl groups is 2. The highest BCUT2D eigenvalue weighted by molar-refractivity contribution is 9.09. The fourth-order valence-electron chi connectivity index (χ4n) is 1.80. The van der Waals surface area contributed by atoms with Crippen molar-refractivity contribution in [2.75, 3.05) is 5.33 Å². The highest BCUT2D eigenvalue weighted by atomic mass is 79.9. The van der Waals surface area contributed by atoms with Crippen molar-refractivity contribution in [1.29, 1.82) is 0 Å². The van der Waals surface area contributed by atoms with E-state index in [0.29, 0.717) is 10.9 Å². The molecule has 0 saturated heterocycles. The Balaban J connectivity index is 2.52. The standard InChI is InChI=1S/C13H13BrO3/c14-7-11(15)13(17)10-6-5-8-3-1-2-4-9(8)12(10)16/h1-6,11,13,15-17H,7H2. The Morgan fingerprint density at radius 3 is 2.47 bits per heavy atom. The Labute approximate surface area is 107 Å². The van der Waals surface area contributed by atoms with Crippen molar-refractivity contribution in [3.8, 4) is 5.75 Å². The molecule has 0 aliphatic carbocycles. The summed E-state index contributed by atoms with van der Waals surface area (Å²) in [5, 5.41) is 31.4. The highest BCUT2D eigenvalue weighted by Gasteiger charge is 2.21. The van der Waals surface area contributed by atoms with Gasteiger partial charge in [-0.05, 0) is 5.39 Å². The van der Waals surface area contributed by atoms with E-state index in [2.05, 4.69) is 15.9 Å². The monoisotopic (exact) mass is 296 g/mol. The van der Waals surface area contributed by atoms with Crippen molar-refractivity contribution in [2.24, 2.45) is 0 Å². The van der Waals surface area contributed by atoms with Gasteiger partial charge in [-0.15, -0.1) is 0 Å². The van der Waals surface area contributed by atoms with Gasteiger partial charge < -0.3 is 15.3 Å². The molecule has 2 aromatic rings. The van der Waals surface area contributed by atoms with Gasteiger partial charge >= 0.3 is 0 Å². The second-order valence-electron chi connectivity index (χ2n) is 3.89. The van der Waals surface area contributed by atoms with Crippen LogP contribution in [0.15, 0.2) is 36.4 Å². The first-order valence-corrected chi connectivity index (χ1v) is 6.40. The van der Waals surface area contributed by atoms with E-state index < -0.39 is 12.2 Å². The van der Waals surface area contributed by atoms with E-state index in [1.165, 1.54) is 0 Å². The van der Waals surface area contributed by atoms with Crippen LogP contribution in [0, 0.1) is 0 Å². The molecule has 0 aliphatic heterocycles. The molecule has 2 atom stereocenters. The summed E-state index contributed by atoms with van der Waals surface area (Å²) in [6, 6.07) is 10.8. The molecule has 0 spiro atoms. The van der Waals surface area contributed by atoms with Gasteiger partial charge in [0.1, 0.15) is 11.9 Å². The number of phenols is 1. The van der Waals surface area contributed by atoms with E-state index >= 15 is 0 Å². The first-order valence-electron chi connectivity index (χ1n) is 5.28. The molecule has 0 saturated carbocycles. The van der Waals surface area contributed by atoms with Crippen LogP contribution in [0.4, 0.5) is 0 Å². The van der Waals surface area contributed by atoms with Gasteiger partial charge in [0.05, 0.1) is 6.10 Å². The second-order valence-corrected chi connectivity index (χ2v) is 4.54. The fourth-order valence-corrected chi connectivity index (χ4v) is 2.16. The summed E-state index contributed by atoms with van der Waals surface area (Å²) in [6.07, 6.45) is -2.04. The molecule has 0 heterocycles. The summed E-state index contributed by atoms with van der Waals surface area (Å²) in [5.74, 6) is 0.0237. The Morgan fingerprint density at radius 2 is 1.76 bits per heavy atom. The normalized spacial score (nSPS) is 14.8. The molecule has 0 aromatic heterocycles. The number of aromatic hydroxyl groups is 1. The highest BCUT2D eigenvalue weighted by Crippen LogP contribution is 2.33. The maximum absolute atomic E-state index is 10.1. The van der Waals surface area contributed by atoms with Crippen molar-refractivity contribution >= 4 is 26.7 Å². The van der Waals surface area contributed by atoms with E-state index in [1.54, 1.807) is 12.1 Å². The minimum Gasteiger partial charge on any atom is -0.507 e. The van der Waals surface area contributed by atoms with Crippen LogP contribution in [0.25, 0.3) is 10.8 Å². The lowest BCUT2D eigenvalue weighted by molar-refractivity contribution is 0.0329. The first kappa shape index (κ1) is 12.4. The number of alkyl halides is 1. The van der Waals surface area contributed by atoms with E-state index in [-0.39, 0.29) is 11.1 Å². The molecular formula is C13H13BrO3. The first-order chi connectivity index (χ1) is 8.15. The van der Waals surface area contributed by atoms with Crippen molar-refractivity contribution < 1.29 is 15.3 Å². The SMILES string of the molecule is Oc1c(C(O)C(O)CBr)ccc2ccccc12. The molecule has 4 heteroatoms. The van der Waals surface area contributed by atoms with E-state index in [9.17, 15) is 15.3 Å². The molecule has 0 bridgehead atoms. The summed E-state index contributed by atoms with van der Waals surface area (Å²) in [7, 11) is 0. The minimum atomic E-state index is -1.10. The van der Waals surface area contributed by atoms with Crippen LogP contribution in [0.5, 0.6) is 5.75 Å². The molecular weight excluding hydrogens is 284 g/mol. The Bertz CT molecular complexity index is 527. The lowest BCUT2D eigenvalue weighted by atomic mass is 9.99. The third-order valence-corrected chi connectivity index (χ3v) is 3.44. The largest absolute Gasteiger partial charge is 0.507 e. The minimum absolute atomic E-state index is 0.0237. The van der Waals surface area contributed by atoms with Gasteiger partial charge in [0, 0.05) is 16.3 Å². The van der Waals surface area contributed by atoms with Crippen molar-refractivity contribution in [3.05, 3.63) is 42.0 Å². The predicted molar refractivity (Wildman–Crippen MR) is 70.4 cm³/mol. The van der Waals surface area contributed by atoms with Gasteiger partial charge in [0.25, 0.3) is 0 Å². The summed E-state index contributed by atoms with van der Waals surface area (Å²) < 4.78 is 0. The van der Waals surface area contributed by atoms with Crippen molar-refractivity contribution in [2.45, 2.75) is 12.2 Å². The van der Waals surface area contributed by atoms with Crippen molar-refractivity contribution in [1.82, 2.24) is 0 Å². The van der Waals surface area contributed by atoms with Crippen molar-refractivity contribution in [3.63, 3.8) is 0 Å². The second kappa shape index (κ2) is 5.04. The van der Waals surface area contributed by atoms with Gasteiger partial charge in [-0.2, -0.15) is 0 Å². The quantitative estimate of drug-likeness (QED) is 0.762. The maximum atomic E-state index is 10.1. The number of fused-ring (bicyclic) bond motifs is 1. The van der Waals surface area contributed by atoms with Crippen LogP contribution in [0.1, 0.15) is 11.7 Å². The van der Waals surface area contributed by atoms with Crippen LogP contribution < -0.4 is 0 Å². The summed E-state index contributed by atoms with van der Waals surface area (Å²) in [4.78, 5) is 0. The lowest BCUT2D eigenvalue weighted by Gasteiger charge is -2.18. The van der Waals surface area contributed by atoms with E-state index in [1.807, 2.05) is 24.3 Å². The van der Waals surface area contributed by atoms with E-state index in [4.69, 9.17) is 0 Å². The number of halogens is 1. The Morgan fingerprint density at radius 1 is 1.06 bits per heavy atom. The lowest BCUT2D eigenvalue weighted by Crippen LogP contribution is -2.19. The molecule has 2 unspecified atom stereocenters.